The van der Waals surface area contributed by atoms with Gasteiger partial charge < -0.3 is 15.2 Å². The quantitative estimate of drug-likeness (QED) is 0.641. The van der Waals surface area contributed by atoms with Crippen LogP contribution in [0, 0.1) is 5.41 Å². The van der Waals surface area contributed by atoms with Gasteiger partial charge in [0.15, 0.2) is 6.29 Å². The van der Waals surface area contributed by atoms with Crippen LogP contribution in [0.1, 0.15) is 33.1 Å². The maximum atomic E-state index is 5.77. The summed E-state index contributed by atoms with van der Waals surface area (Å²) in [7, 11) is 0. The van der Waals surface area contributed by atoms with E-state index in [-0.39, 0.29) is 11.7 Å². The number of hydrogen-bond donors (Lipinski definition) is 1. The Morgan fingerprint density at radius 2 is 1.77 bits per heavy atom. The smallest absolute Gasteiger partial charge is 0.164 e. The minimum Gasteiger partial charge on any atom is -0.352 e. The van der Waals surface area contributed by atoms with Crippen molar-refractivity contribution in [1.29, 1.82) is 0 Å². The van der Waals surface area contributed by atoms with Crippen molar-refractivity contribution in [2.75, 3.05) is 19.8 Å². The van der Waals surface area contributed by atoms with Gasteiger partial charge in [-0.15, -0.1) is 0 Å². The van der Waals surface area contributed by atoms with Crippen LogP contribution >= 0.6 is 0 Å². The molecular formula is C10H21NO2. The minimum atomic E-state index is -0.0822. The first kappa shape index (κ1) is 11.0. The largest absolute Gasteiger partial charge is 0.352 e. The van der Waals surface area contributed by atoms with E-state index in [1.807, 2.05) is 13.8 Å². The van der Waals surface area contributed by atoms with E-state index in [1.165, 1.54) is 6.42 Å². The van der Waals surface area contributed by atoms with E-state index >= 15 is 0 Å². The van der Waals surface area contributed by atoms with Crippen molar-refractivity contribution in [3.05, 3.63) is 0 Å². The molecule has 0 heterocycles. The molecule has 0 saturated heterocycles. The van der Waals surface area contributed by atoms with E-state index in [0.717, 1.165) is 12.8 Å². The first-order chi connectivity index (χ1) is 6.29. The molecule has 0 bridgehead atoms. The van der Waals surface area contributed by atoms with Crippen molar-refractivity contribution in [3.63, 3.8) is 0 Å². The molecule has 0 aromatic heterocycles. The second-order valence-electron chi connectivity index (χ2n) is 3.66. The van der Waals surface area contributed by atoms with E-state index in [0.29, 0.717) is 19.8 Å². The van der Waals surface area contributed by atoms with Crippen LogP contribution < -0.4 is 5.73 Å². The highest BCUT2D eigenvalue weighted by atomic mass is 16.7. The molecule has 78 valence electrons. The van der Waals surface area contributed by atoms with E-state index in [2.05, 4.69) is 0 Å². The average Bonchev–Trinajstić information content (AvgIpc) is 2.04. The summed E-state index contributed by atoms with van der Waals surface area (Å²) in [5.74, 6) is 0. The highest BCUT2D eigenvalue weighted by Crippen LogP contribution is 2.44. The predicted molar refractivity (Wildman–Crippen MR) is 52.4 cm³/mol. The monoisotopic (exact) mass is 187 g/mol. The van der Waals surface area contributed by atoms with Gasteiger partial charge in [0.2, 0.25) is 0 Å². The zero-order valence-electron chi connectivity index (χ0n) is 8.71. The van der Waals surface area contributed by atoms with Gasteiger partial charge in [0.05, 0.1) is 0 Å². The maximum absolute atomic E-state index is 5.77. The molecule has 2 N–H and O–H groups in total. The lowest BCUT2D eigenvalue weighted by Gasteiger charge is -2.45. The molecule has 3 heteroatoms. The summed E-state index contributed by atoms with van der Waals surface area (Å²) in [5.41, 5.74) is 5.89. The average molecular weight is 187 g/mol. The lowest BCUT2D eigenvalue weighted by Crippen LogP contribution is -2.49. The van der Waals surface area contributed by atoms with Crippen molar-refractivity contribution in [1.82, 2.24) is 0 Å². The van der Waals surface area contributed by atoms with Crippen molar-refractivity contribution in [2.45, 2.75) is 39.4 Å². The van der Waals surface area contributed by atoms with Gasteiger partial charge in [0.25, 0.3) is 0 Å². The van der Waals surface area contributed by atoms with Gasteiger partial charge in [-0.25, -0.2) is 0 Å². The third-order valence-electron chi connectivity index (χ3n) is 2.89. The molecule has 0 unspecified atom stereocenters. The predicted octanol–water partition coefficient (Wildman–Crippen LogP) is 1.51. The van der Waals surface area contributed by atoms with Crippen molar-refractivity contribution >= 4 is 0 Å². The van der Waals surface area contributed by atoms with E-state index in [4.69, 9.17) is 15.2 Å². The van der Waals surface area contributed by atoms with Crippen molar-refractivity contribution in [3.8, 4) is 0 Å². The van der Waals surface area contributed by atoms with E-state index < -0.39 is 0 Å². The highest BCUT2D eigenvalue weighted by Gasteiger charge is 2.44. The summed E-state index contributed by atoms with van der Waals surface area (Å²) < 4.78 is 11.2. The van der Waals surface area contributed by atoms with Gasteiger partial charge in [0.1, 0.15) is 0 Å². The number of hydrogen-bond acceptors (Lipinski definition) is 3. The van der Waals surface area contributed by atoms with Crippen LogP contribution in [0.15, 0.2) is 0 Å². The zero-order chi connectivity index (χ0) is 9.73. The SMILES string of the molecule is CCOC(OCC)C1(CN)CCC1. The molecule has 1 aliphatic carbocycles. The summed E-state index contributed by atoms with van der Waals surface area (Å²) in [6, 6.07) is 0. The second-order valence-corrected chi connectivity index (χ2v) is 3.66. The van der Waals surface area contributed by atoms with Crippen LogP contribution in [-0.2, 0) is 9.47 Å². The van der Waals surface area contributed by atoms with E-state index in [1.54, 1.807) is 0 Å². The molecule has 0 aliphatic heterocycles. The molecule has 1 saturated carbocycles. The summed E-state index contributed by atoms with van der Waals surface area (Å²) in [4.78, 5) is 0. The Morgan fingerprint density at radius 1 is 1.23 bits per heavy atom. The summed E-state index contributed by atoms with van der Waals surface area (Å²) in [6.07, 6.45) is 3.47. The molecule has 13 heavy (non-hydrogen) atoms. The first-order valence-corrected chi connectivity index (χ1v) is 5.22. The first-order valence-electron chi connectivity index (χ1n) is 5.22. The Morgan fingerprint density at radius 3 is 2.00 bits per heavy atom. The minimum absolute atomic E-state index is 0.0822. The molecule has 1 fully saturated rings. The van der Waals surface area contributed by atoms with Gasteiger partial charge in [-0.1, -0.05) is 6.42 Å². The van der Waals surface area contributed by atoms with Crippen LogP contribution in [0.2, 0.25) is 0 Å². The van der Waals surface area contributed by atoms with Crippen LogP contribution in [0.3, 0.4) is 0 Å². The lowest BCUT2D eigenvalue weighted by molar-refractivity contribution is -0.222. The van der Waals surface area contributed by atoms with Crippen molar-refractivity contribution < 1.29 is 9.47 Å². The normalized spacial score (nSPS) is 20.3. The van der Waals surface area contributed by atoms with Crippen LogP contribution in [0.5, 0.6) is 0 Å². The topological polar surface area (TPSA) is 44.5 Å². The fourth-order valence-electron chi connectivity index (χ4n) is 1.87. The molecule has 0 spiro atoms. The fourth-order valence-corrected chi connectivity index (χ4v) is 1.87. The molecule has 3 nitrogen and oxygen atoms in total. The van der Waals surface area contributed by atoms with Gasteiger partial charge in [-0.2, -0.15) is 0 Å². The van der Waals surface area contributed by atoms with Crippen LogP contribution in [-0.4, -0.2) is 26.0 Å². The standard InChI is InChI=1S/C10H21NO2/c1-3-12-9(13-4-2)10(8-11)6-5-7-10/h9H,3-8,11H2,1-2H3. The Bertz CT molecular complexity index is 134. The highest BCUT2D eigenvalue weighted by molar-refractivity contribution is 4.91. The molecule has 0 radical (unpaired) electrons. The molecule has 0 atom stereocenters. The maximum Gasteiger partial charge on any atom is 0.164 e. The van der Waals surface area contributed by atoms with Gasteiger partial charge >= 0.3 is 0 Å². The third-order valence-corrected chi connectivity index (χ3v) is 2.89. The molecule has 1 aliphatic rings. The molecule has 0 aromatic carbocycles. The summed E-state index contributed by atoms with van der Waals surface area (Å²) in [6.45, 7) is 6.07. The molecule has 1 rings (SSSR count). The Labute approximate surface area is 80.6 Å². The Hall–Kier alpha value is -0.120. The number of rotatable bonds is 6. The van der Waals surface area contributed by atoms with Gasteiger partial charge in [-0.05, 0) is 26.7 Å². The third kappa shape index (κ3) is 2.22. The van der Waals surface area contributed by atoms with Crippen LogP contribution in [0.4, 0.5) is 0 Å². The Balaban J connectivity index is 2.49. The summed E-state index contributed by atoms with van der Waals surface area (Å²) in [5, 5.41) is 0. The van der Waals surface area contributed by atoms with Gasteiger partial charge in [0, 0.05) is 25.2 Å². The Kier molecular flexibility index (Phi) is 4.16. The molecule has 0 amide bonds. The number of ether oxygens (including phenoxy) is 2. The molecule has 0 aromatic rings. The molecular weight excluding hydrogens is 166 g/mol. The number of nitrogens with two attached hydrogens (primary N) is 1. The van der Waals surface area contributed by atoms with Crippen LogP contribution in [0.25, 0.3) is 0 Å². The lowest BCUT2D eigenvalue weighted by atomic mass is 9.68. The zero-order valence-corrected chi connectivity index (χ0v) is 8.71. The second kappa shape index (κ2) is 4.94. The fraction of sp³-hybridized carbons (Fsp3) is 1.00. The summed E-state index contributed by atoms with van der Waals surface area (Å²) >= 11 is 0. The van der Waals surface area contributed by atoms with Gasteiger partial charge in [-0.3, -0.25) is 0 Å². The van der Waals surface area contributed by atoms with Crippen molar-refractivity contribution in [2.24, 2.45) is 11.1 Å². The van der Waals surface area contributed by atoms with E-state index in [9.17, 15) is 0 Å².